The van der Waals surface area contributed by atoms with E-state index < -0.39 is 46.6 Å². The highest BCUT2D eigenvalue weighted by Gasteiger charge is 2.71. The van der Waals surface area contributed by atoms with E-state index in [1.165, 1.54) is 0 Å². The van der Waals surface area contributed by atoms with Gasteiger partial charge in [0, 0.05) is 30.5 Å². The van der Waals surface area contributed by atoms with Gasteiger partial charge in [-0.15, -0.1) is 0 Å². The van der Waals surface area contributed by atoms with E-state index in [9.17, 15) is 14.4 Å². The van der Waals surface area contributed by atoms with E-state index in [4.69, 9.17) is 14.2 Å². The fourth-order valence-electron chi connectivity index (χ4n) is 7.90. The number of hydrogen-bond donors (Lipinski definition) is 0. The highest BCUT2D eigenvalue weighted by Crippen LogP contribution is 2.65. The van der Waals surface area contributed by atoms with Crippen LogP contribution in [0, 0.1) is 17.8 Å². The summed E-state index contributed by atoms with van der Waals surface area (Å²) in [5.74, 6) is -4.35. The molecular weight excluding hydrogens is 570 g/mol. The average molecular weight is 608 g/mol. The minimum Gasteiger partial charge on any atom is -0.497 e. The zero-order chi connectivity index (χ0) is 32.3. The zero-order valence-electron chi connectivity index (χ0n) is 26.3. The fourth-order valence-corrected chi connectivity index (χ4v) is 7.90. The molecule has 45 heavy (non-hydrogen) atoms. The average Bonchev–Trinajstić information content (AvgIpc) is 3.45. The Hall–Kier alpha value is -4.72. The molecule has 1 heterocycles. The lowest BCUT2D eigenvalue weighted by molar-refractivity contribution is -0.162. The Bertz CT molecular complexity index is 1700. The molecule has 0 bridgehead atoms. The van der Waals surface area contributed by atoms with Gasteiger partial charge in [0.1, 0.15) is 29.3 Å². The molecule has 0 radical (unpaired) electrons. The van der Waals surface area contributed by atoms with Crippen LogP contribution in [-0.4, -0.2) is 50.8 Å². The molecule has 0 N–H and O–H groups in total. The summed E-state index contributed by atoms with van der Waals surface area (Å²) in [5.41, 5.74) is 0.789. The molecule has 0 saturated heterocycles. The number of fused-ring (bicyclic) bond motifs is 4. The Labute approximate surface area is 263 Å². The Morgan fingerprint density at radius 3 is 2.00 bits per heavy atom. The predicted molar refractivity (Wildman–Crippen MR) is 168 cm³/mol. The van der Waals surface area contributed by atoms with Crippen molar-refractivity contribution in [3.63, 3.8) is 0 Å². The first-order valence-corrected chi connectivity index (χ1v) is 15.1. The molecule has 1 fully saturated rings. The molecule has 1 spiro atoms. The zero-order valence-corrected chi connectivity index (χ0v) is 26.3. The quantitative estimate of drug-likeness (QED) is 0.210. The van der Waals surface area contributed by atoms with Crippen molar-refractivity contribution in [1.29, 1.82) is 0 Å². The molecule has 0 unspecified atom stereocenters. The number of aldehydes is 1. The van der Waals surface area contributed by atoms with Gasteiger partial charge in [0.05, 0.1) is 19.6 Å². The maximum Gasteiger partial charge on any atom is 0.317 e. The van der Waals surface area contributed by atoms with E-state index in [-0.39, 0.29) is 11.7 Å². The van der Waals surface area contributed by atoms with Gasteiger partial charge in [-0.25, -0.2) is 0 Å². The van der Waals surface area contributed by atoms with Crippen LogP contribution in [0.5, 0.6) is 11.5 Å². The number of ketones is 1. The van der Waals surface area contributed by atoms with Crippen molar-refractivity contribution in [2.24, 2.45) is 17.8 Å². The van der Waals surface area contributed by atoms with Crippen LogP contribution < -0.4 is 14.4 Å². The first-order chi connectivity index (χ1) is 21.5. The van der Waals surface area contributed by atoms with Gasteiger partial charge >= 0.3 is 5.97 Å². The second-order valence-electron chi connectivity index (χ2n) is 13.0. The monoisotopic (exact) mass is 607 g/mol. The Balaban J connectivity index is 1.66. The Morgan fingerprint density at radius 1 is 0.867 bits per heavy atom. The molecular formula is C37H37NO7. The van der Waals surface area contributed by atoms with Crippen LogP contribution in [-0.2, 0) is 29.3 Å². The third-order valence-corrected chi connectivity index (χ3v) is 9.55. The van der Waals surface area contributed by atoms with Crippen LogP contribution in [0.25, 0.3) is 0 Å². The molecule has 3 aromatic rings. The third kappa shape index (κ3) is 4.57. The molecule has 6 atom stereocenters. The number of amides is 1. The number of allylic oxidation sites excluding steroid dienone is 2. The molecule has 8 heteroatoms. The number of hydrogen-bond acceptors (Lipinski definition) is 7. The lowest BCUT2D eigenvalue weighted by Crippen LogP contribution is -2.55. The van der Waals surface area contributed by atoms with Gasteiger partial charge in [0.2, 0.25) is 5.91 Å². The largest absolute Gasteiger partial charge is 0.497 e. The number of likely N-dealkylation sites (N-methyl/N-ethyl adjacent to an activating group) is 1. The van der Waals surface area contributed by atoms with Gasteiger partial charge in [0.15, 0.2) is 5.78 Å². The fraction of sp³-hybridized carbons (Fsp3) is 0.351. The van der Waals surface area contributed by atoms with Gasteiger partial charge in [-0.2, -0.15) is 0 Å². The van der Waals surface area contributed by atoms with E-state index >= 15 is 4.79 Å². The molecule has 3 aliphatic rings. The molecule has 8 nitrogen and oxygen atoms in total. The van der Waals surface area contributed by atoms with Crippen molar-refractivity contribution in [3.05, 3.63) is 101 Å². The number of rotatable bonds is 6. The summed E-state index contributed by atoms with van der Waals surface area (Å²) in [7, 11) is 4.83. The molecule has 1 aliphatic heterocycles. The highest BCUT2D eigenvalue weighted by molar-refractivity contribution is 6.15. The van der Waals surface area contributed by atoms with Crippen molar-refractivity contribution in [2.75, 3.05) is 26.2 Å². The van der Waals surface area contributed by atoms with Crippen LogP contribution in [0.4, 0.5) is 5.69 Å². The number of ether oxygens (including phenoxy) is 3. The number of nitrogens with zero attached hydrogens (tertiary/aromatic N) is 1. The van der Waals surface area contributed by atoms with Crippen molar-refractivity contribution in [2.45, 2.75) is 43.6 Å². The molecule has 1 amide bonds. The third-order valence-electron chi connectivity index (χ3n) is 9.55. The molecule has 2 aliphatic carbocycles. The topological polar surface area (TPSA) is 99.2 Å². The van der Waals surface area contributed by atoms with Gasteiger partial charge < -0.3 is 19.1 Å². The van der Waals surface area contributed by atoms with Crippen molar-refractivity contribution >= 4 is 29.6 Å². The second kappa shape index (κ2) is 11.0. The predicted octanol–water partition coefficient (Wildman–Crippen LogP) is 5.40. The summed E-state index contributed by atoms with van der Waals surface area (Å²) >= 11 is 0. The van der Waals surface area contributed by atoms with Crippen molar-refractivity contribution in [1.82, 2.24) is 0 Å². The lowest BCUT2D eigenvalue weighted by atomic mass is 9.52. The van der Waals surface area contributed by atoms with E-state index in [0.29, 0.717) is 33.9 Å². The summed E-state index contributed by atoms with van der Waals surface area (Å²) < 4.78 is 16.6. The van der Waals surface area contributed by atoms with Crippen LogP contribution in [0.1, 0.15) is 49.3 Å². The summed E-state index contributed by atoms with van der Waals surface area (Å²) in [6, 6.07) is 21.9. The first-order valence-electron chi connectivity index (χ1n) is 15.1. The summed E-state index contributed by atoms with van der Waals surface area (Å²) in [4.78, 5) is 58.6. The van der Waals surface area contributed by atoms with Gasteiger partial charge in [-0.3, -0.25) is 19.2 Å². The first kappa shape index (κ1) is 30.3. The maximum atomic E-state index is 15.0. The Morgan fingerprint density at radius 2 is 1.44 bits per heavy atom. The molecule has 6 rings (SSSR count). The van der Waals surface area contributed by atoms with Gasteiger partial charge in [0.25, 0.3) is 0 Å². The van der Waals surface area contributed by atoms with E-state index in [0.717, 1.165) is 11.8 Å². The number of Topliss-reactive ketones (excluding diaryl/α,β-unsaturated/α-hetero) is 1. The van der Waals surface area contributed by atoms with Gasteiger partial charge in [-0.1, -0.05) is 48.5 Å². The van der Waals surface area contributed by atoms with Crippen molar-refractivity contribution < 1.29 is 33.4 Å². The summed E-state index contributed by atoms with van der Waals surface area (Å²) in [5, 5.41) is 0. The smallest absolute Gasteiger partial charge is 0.317 e. The SMILES string of the molecule is COc1ccc([C@H]2[C@H](C(=O)OC(C)(C)C)C(=O)[C@@H]3[C@@H]2C=C(C=O)[C@@H](c2ccc(OC)cc2)[C@]32C(=O)N(C)c3ccccc32)cc1. The maximum absolute atomic E-state index is 15.0. The summed E-state index contributed by atoms with van der Waals surface area (Å²) in [6.07, 6.45) is 2.61. The molecule has 0 aromatic heterocycles. The van der Waals surface area contributed by atoms with Crippen LogP contribution in [0.15, 0.2) is 84.4 Å². The number of carbonyl (C=O) groups is 4. The van der Waals surface area contributed by atoms with Crippen LogP contribution in [0.2, 0.25) is 0 Å². The summed E-state index contributed by atoms with van der Waals surface area (Å²) in [6.45, 7) is 5.28. The number of anilines is 1. The van der Waals surface area contributed by atoms with E-state index in [2.05, 4.69) is 0 Å². The minimum atomic E-state index is -1.49. The Kier molecular flexibility index (Phi) is 7.42. The van der Waals surface area contributed by atoms with Gasteiger partial charge in [-0.05, 0) is 79.3 Å². The number of methoxy groups -OCH3 is 2. The molecule has 3 aromatic carbocycles. The second-order valence-corrected chi connectivity index (χ2v) is 13.0. The normalized spacial score (nSPS) is 27.1. The number of esters is 1. The van der Waals surface area contributed by atoms with Crippen LogP contribution >= 0.6 is 0 Å². The standard InChI is InChI=1S/C37H37NO7/c1-36(2,3)45-34(41)30-29(21-11-15-24(43-5)16-12-21)26-19-23(20-39)31(22-13-17-25(44-6)18-14-22)37(32(26)33(30)40)27-9-7-8-10-28(27)38(4)35(37)42/h7-20,26,29-32H,1-6H3/t26-,29-,30+,31-,32+,37+/m1/s1. The minimum absolute atomic E-state index is 0.293. The number of benzene rings is 3. The van der Waals surface area contributed by atoms with E-state index in [1.54, 1.807) is 71.2 Å². The number of carbonyl (C=O) groups excluding carboxylic acids is 4. The lowest BCUT2D eigenvalue weighted by Gasteiger charge is -2.46. The van der Waals surface area contributed by atoms with Crippen molar-refractivity contribution in [3.8, 4) is 11.5 Å². The molecule has 232 valence electrons. The van der Waals surface area contributed by atoms with E-state index in [1.807, 2.05) is 54.6 Å². The van der Waals surface area contributed by atoms with Crippen LogP contribution in [0.3, 0.4) is 0 Å². The molecule has 1 saturated carbocycles. The number of para-hydroxylation sites is 1. The highest BCUT2D eigenvalue weighted by atomic mass is 16.6.